The van der Waals surface area contributed by atoms with Crippen LogP contribution in [-0.4, -0.2) is 49.1 Å². The number of nitrogens with zero attached hydrogens (tertiary/aromatic N) is 2. The molecule has 2 heterocycles. The quantitative estimate of drug-likeness (QED) is 0.891. The first kappa shape index (κ1) is 16.6. The molecule has 1 aromatic rings. The molecule has 0 aliphatic carbocycles. The molecule has 2 saturated heterocycles. The van der Waals surface area contributed by atoms with Gasteiger partial charge in [-0.2, -0.15) is 0 Å². The molecule has 126 valence electrons. The molecule has 0 spiro atoms. The zero-order valence-electron chi connectivity index (χ0n) is 14.0. The molecule has 1 aromatic carbocycles. The number of nitrogens with one attached hydrogen (secondary N) is 1. The molecule has 2 aliphatic heterocycles. The van der Waals surface area contributed by atoms with Crippen molar-refractivity contribution < 1.29 is 4.79 Å². The van der Waals surface area contributed by atoms with Gasteiger partial charge < -0.3 is 15.1 Å². The number of anilines is 1. The lowest BCUT2D eigenvalue weighted by Gasteiger charge is -2.32. The summed E-state index contributed by atoms with van der Waals surface area (Å²) in [6, 6.07) is 5.70. The van der Waals surface area contributed by atoms with E-state index in [1.165, 1.54) is 25.9 Å². The van der Waals surface area contributed by atoms with Crippen molar-refractivity contribution in [1.82, 2.24) is 9.80 Å². The Morgan fingerprint density at radius 2 is 1.87 bits per heavy atom. The van der Waals surface area contributed by atoms with E-state index in [2.05, 4.69) is 17.3 Å². The third kappa shape index (κ3) is 3.99. The number of likely N-dealkylation sites (tertiary alicyclic amines) is 2. The van der Waals surface area contributed by atoms with Crippen LogP contribution in [0.2, 0.25) is 5.02 Å². The Labute approximate surface area is 143 Å². The summed E-state index contributed by atoms with van der Waals surface area (Å²) in [6.07, 6.45) is 3.66. The summed E-state index contributed by atoms with van der Waals surface area (Å²) in [5, 5.41) is 3.56. The van der Waals surface area contributed by atoms with E-state index in [1.54, 1.807) is 0 Å². The van der Waals surface area contributed by atoms with E-state index in [1.807, 2.05) is 30.0 Å². The zero-order valence-corrected chi connectivity index (χ0v) is 14.8. The molecule has 0 unspecified atom stereocenters. The van der Waals surface area contributed by atoms with Gasteiger partial charge in [-0.1, -0.05) is 17.7 Å². The van der Waals surface area contributed by atoms with Crippen molar-refractivity contribution in [1.29, 1.82) is 0 Å². The maximum absolute atomic E-state index is 12.5. The van der Waals surface area contributed by atoms with Crippen LogP contribution in [0.4, 0.5) is 10.5 Å². The molecule has 1 N–H and O–H groups in total. The minimum absolute atomic E-state index is 0.0221. The third-order valence-electron chi connectivity index (χ3n) is 5.31. The molecule has 2 amide bonds. The maximum atomic E-state index is 12.5. The van der Waals surface area contributed by atoms with Crippen LogP contribution in [0.25, 0.3) is 0 Å². The van der Waals surface area contributed by atoms with Gasteiger partial charge in [0.25, 0.3) is 0 Å². The Morgan fingerprint density at radius 3 is 2.57 bits per heavy atom. The Balaban J connectivity index is 1.55. The number of hydrogen-bond acceptors (Lipinski definition) is 2. The summed E-state index contributed by atoms with van der Waals surface area (Å²) in [7, 11) is 2.19. The number of urea groups is 1. The lowest BCUT2D eigenvalue weighted by Crippen LogP contribution is -2.36. The van der Waals surface area contributed by atoms with Crippen molar-refractivity contribution >= 4 is 23.3 Å². The molecule has 1 atom stereocenters. The highest BCUT2D eigenvalue weighted by molar-refractivity contribution is 6.33. The molecule has 4 nitrogen and oxygen atoms in total. The van der Waals surface area contributed by atoms with E-state index in [0.717, 1.165) is 31.0 Å². The van der Waals surface area contributed by atoms with Gasteiger partial charge in [-0.05, 0) is 75.9 Å². The van der Waals surface area contributed by atoms with Gasteiger partial charge in [-0.15, -0.1) is 0 Å². The van der Waals surface area contributed by atoms with Crippen molar-refractivity contribution in [3.8, 4) is 0 Å². The second-order valence-corrected chi connectivity index (χ2v) is 7.46. The Kier molecular flexibility index (Phi) is 5.12. The van der Waals surface area contributed by atoms with Crippen LogP contribution in [0.15, 0.2) is 18.2 Å². The summed E-state index contributed by atoms with van der Waals surface area (Å²) in [6.45, 7) is 6.10. The molecule has 0 bridgehead atoms. The highest BCUT2D eigenvalue weighted by atomic mass is 35.5. The van der Waals surface area contributed by atoms with E-state index in [0.29, 0.717) is 16.6 Å². The number of piperidine rings is 1. The molecule has 0 saturated carbocycles. The normalized spacial score (nSPS) is 23.3. The van der Waals surface area contributed by atoms with Crippen molar-refractivity contribution in [2.24, 2.45) is 11.8 Å². The van der Waals surface area contributed by atoms with Crippen LogP contribution >= 0.6 is 11.6 Å². The van der Waals surface area contributed by atoms with Crippen LogP contribution < -0.4 is 5.32 Å². The number of carbonyl (C=O) groups is 1. The number of benzene rings is 1. The minimum Gasteiger partial charge on any atom is -0.324 e. The molecule has 0 aromatic heterocycles. The van der Waals surface area contributed by atoms with Gasteiger partial charge in [0.1, 0.15) is 0 Å². The standard InChI is InChI=1S/C18H26ClN3O/c1-13-3-4-17(16(19)11-13)20-18(23)22-10-7-15(12-22)14-5-8-21(2)9-6-14/h3-4,11,14-15H,5-10,12H2,1-2H3,(H,20,23)/t15-/m0/s1. The summed E-state index contributed by atoms with van der Waals surface area (Å²) < 4.78 is 0. The molecule has 3 rings (SSSR count). The molecule has 2 aliphatic rings. The average Bonchev–Trinajstić information content (AvgIpc) is 3.01. The Morgan fingerprint density at radius 1 is 1.17 bits per heavy atom. The van der Waals surface area contributed by atoms with E-state index in [4.69, 9.17) is 11.6 Å². The average molecular weight is 336 g/mol. The molecular formula is C18H26ClN3O. The predicted molar refractivity (Wildman–Crippen MR) is 95.1 cm³/mol. The molecule has 5 heteroatoms. The first-order valence-electron chi connectivity index (χ1n) is 8.53. The Bertz CT molecular complexity index is 569. The largest absolute Gasteiger partial charge is 0.324 e. The first-order chi connectivity index (χ1) is 11.0. The summed E-state index contributed by atoms with van der Waals surface area (Å²) in [5.41, 5.74) is 1.79. The van der Waals surface area contributed by atoms with Crippen LogP contribution in [0.3, 0.4) is 0 Å². The fourth-order valence-corrected chi connectivity index (χ4v) is 4.05. The van der Waals surface area contributed by atoms with Crippen LogP contribution in [0, 0.1) is 18.8 Å². The van der Waals surface area contributed by atoms with Gasteiger partial charge in [0, 0.05) is 13.1 Å². The minimum atomic E-state index is -0.0221. The second-order valence-electron chi connectivity index (χ2n) is 7.05. The first-order valence-corrected chi connectivity index (χ1v) is 8.91. The molecule has 23 heavy (non-hydrogen) atoms. The van der Waals surface area contributed by atoms with E-state index >= 15 is 0 Å². The predicted octanol–water partition coefficient (Wildman–Crippen LogP) is 3.84. The van der Waals surface area contributed by atoms with E-state index in [9.17, 15) is 4.79 Å². The maximum Gasteiger partial charge on any atom is 0.321 e. The van der Waals surface area contributed by atoms with Crippen LogP contribution in [0.5, 0.6) is 0 Å². The lowest BCUT2D eigenvalue weighted by atomic mass is 9.84. The zero-order chi connectivity index (χ0) is 16.4. The van der Waals surface area contributed by atoms with Crippen molar-refractivity contribution in [2.45, 2.75) is 26.2 Å². The van der Waals surface area contributed by atoms with Crippen molar-refractivity contribution in [2.75, 3.05) is 38.5 Å². The van der Waals surface area contributed by atoms with Gasteiger partial charge in [0.2, 0.25) is 0 Å². The summed E-state index contributed by atoms with van der Waals surface area (Å²) in [5.74, 6) is 1.43. The highest BCUT2D eigenvalue weighted by Gasteiger charge is 2.33. The van der Waals surface area contributed by atoms with E-state index in [-0.39, 0.29) is 6.03 Å². The fraction of sp³-hybridized carbons (Fsp3) is 0.611. The number of aryl methyl sites for hydroxylation is 1. The van der Waals surface area contributed by atoms with Crippen molar-refractivity contribution in [3.63, 3.8) is 0 Å². The van der Waals surface area contributed by atoms with Gasteiger partial charge in [0.05, 0.1) is 10.7 Å². The number of amides is 2. The topological polar surface area (TPSA) is 35.6 Å². The van der Waals surface area contributed by atoms with Gasteiger partial charge >= 0.3 is 6.03 Å². The van der Waals surface area contributed by atoms with Gasteiger partial charge in [-0.25, -0.2) is 4.79 Å². The third-order valence-corrected chi connectivity index (χ3v) is 5.62. The number of rotatable bonds is 2. The van der Waals surface area contributed by atoms with Gasteiger partial charge in [0.15, 0.2) is 0 Å². The van der Waals surface area contributed by atoms with Crippen LogP contribution in [0.1, 0.15) is 24.8 Å². The number of hydrogen-bond donors (Lipinski definition) is 1. The Hall–Kier alpha value is -1.26. The monoisotopic (exact) mass is 335 g/mol. The lowest BCUT2D eigenvalue weighted by molar-refractivity contribution is 0.170. The molecule has 2 fully saturated rings. The second kappa shape index (κ2) is 7.10. The van der Waals surface area contributed by atoms with E-state index < -0.39 is 0 Å². The van der Waals surface area contributed by atoms with Gasteiger partial charge in [-0.3, -0.25) is 0 Å². The fourth-order valence-electron chi connectivity index (χ4n) is 3.77. The number of halogens is 1. The summed E-state index contributed by atoms with van der Waals surface area (Å²) >= 11 is 6.21. The van der Waals surface area contributed by atoms with Crippen molar-refractivity contribution in [3.05, 3.63) is 28.8 Å². The van der Waals surface area contributed by atoms with Crippen LogP contribution in [-0.2, 0) is 0 Å². The summed E-state index contributed by atoms with van der Waals surface area (Å²) in [4.78, 5) is 16.8. The number of carbonyl (C=O) groups excluding carboxylic acids is 1. The molecule has 0 radical (unpaired) electrons. The highest BCUT2D eigenvalue weighted by Crippen LogP contribution is 2.32. The SMILES string of the molecule is Cc1ccc(NC(=O)N2CC[C@H](C3CCN(C)CC3)C2)c(Cl)c1. The smallest absolute Gasteiger partial charge is 0.321 e. The molecular weight excluding hydrogens is 310 g/mol.